The molecule has 142 valence electrons. The molecule has 0 radical (unpaired) electrons. The van der Waals surface area contributed by atoms with Gasteiger partial charge in [-0.15, -0.1) is 0 Å². The fraction of sp³-hybridized carbons (Fsp3) is 0.667. The van der Waals surface area contributed by atoms with Crippen molar-refractivity contribution in [2.24, 2.45) is 0 Å². The molecule has 8 heteroatoms. The fourth-order valence-electron chi connectivity index (χ4n) is 5.04. The van der Waals surface area contributed by atoms with Crippen molar-refractivity contribution in [3.63, 3.8) is 0 Å². The van der Waals surface area contributed by atoms with Gasteiger partial charge in [0.15, 0.2) is 0 Å². The molecule has 2 aromatic heterocycles. The van der Waals surface area contributed by atoms with Crippen LogP contribution in [0.3, 0.4) is 0 Å². The van der Waals surface area contributed by atoms with E-state index in [2.05, 4.69) is 19.0 Å². The van der Waals surface area contributed by atoms with Crippen molar-refractivity contribution < 1.29 is 4.89 Å². The molecular formula is C18H28N5OPS. The Kier molecular flexibility index (Phi) is 4.31. The van der Waals surface area contributed by atoms with Crippen molar-refractivity contribution >= 4 is 33.7 Å². The van der Waals surface area contributed by atoms with E-state index in [9.17, 15) is 4.89 Å². The van der Waals surface area contributed by atoms with Gasteiger partial charge in [-0.1, -0.05) is 0 Å². The number of pyridine rings is 1. The third-order valence-corrected chi connectivity index (χ3v) is 13.5. The molecule has 0 atom stereocenters. The predicted molar refractivity (Wildman–Crippen MR) is 109 cm³/mol. The Hall–Kier alpha value is -0.690. The predicted octanol–water partition coefficient (Wildman–Crippen LogP) is 2.81. The maximum absolute atomic E-state index is 13.1. The summed E-state index contributed by atoms with van der Waals surface area (Å²) in [5.74, 6) is 0. The summed E-state index contributed by atoms with van der Waals surface area (Å²) in [6.07, 6.45) is 8.85. The summed E-state index contributed by atoms with van der Waals surface area (Å²) in [5.41, 5.74) is 0.924. The van der Waals surface area contributed by atoms with Crippen LogP contribution in [0.2, 0.25) is 0 Å². The van der Waals surface area contributed by atoms with Crippen LogP contribution in [0, 0.1) is 0 Å². The average Bonchev–Trinajstić information content (AvgIpc) is 3.48. The summed E-state index contributed by atoms with van der Waals surface area (Å²) in [6.45, 7) is 5.86. The van der Waals surface area contributed by atoms with Crippen molar-refractivity contribution in [2.45, 2.75) is 38.5 Å². The van der Waals surface area contributed by atoms with Crippen molar-refractivity contribution in [3.05, 3.63) is 18.3 Å². The van der Waals surface area contributed by atoms with Gasteiger partial charge in [0.1, 0.15) is 0 Å². The maximum atomic E-state index is 13.1. The SMILES string of the molecule is OP(c1nc2cccnc2s1)(N1CCCC1)(N1CCCC1)N1CCCC1. The molecule has 5 rings (SSSR count). The van der Waals surface area contributed by atoms with E-state index in [0.29, 0.717) is 0 Å². The summed E-state index contributed by atoms with van der Waals surface area (Å²) in [5, 5.41) is 0. The molecule has 3 fully saturated rings. The van der Waals surface area contributed by atoms with E-state index in [0.717, 1.165) is 54.4 Å². The van der Waals surface area contributed by atoms with E-state index >= 15 is 0 Å². The molecule has 6 nitrogen and oxygen atoms in total. The molecule has 3 aliphatic heterocycles. The second kappa shape index (κ2) is 6.43. The van der Waals surface area contributed by atoms with E-state index in [1.165, 1.54) is 38.5 Å². The van der Waals surface area contributed by atoms with Crippen LogP contribution >= 0.6 is 18.6 Å². The number of thiazole rings is 1. The van der Waals surface area contributed by atoms with Gasteiger partial charge in [0.2, 0.25) is 0 Å². The second-order valence-corrected chi connectivity index (χ2v) is 13.0. The number of aromatic nitrogens is 2. The quantitative estimate of drug-likeness (QED) is 0.807. The Morgan fingerprint density at radius 3 is 1.81 bits per heavy atom. The normalized spacial score (nSPS) is 25.2. The molecule has 1 N–H and O–H groups in total. The van der Waals surface area contributed by atoms with E-state index < -0.39 is 7.28 Å². The number of hydrogen-bond donors (Lipinski definition) is 1. The van der Waals surface area contributed by atoms with E-state index in [4.69, 9.17) is 4.98 Å². The molecule has 0 bridgehead atoms. The number of hydrogen-bond acceptors (Lipinski definition) is 7. The zero-order valence-electron chi connectivity index (χ0n) is 15.3. The Labute approximate surface area is 159 Å². The monoisotopic (exact) mass is 393 g/mol. The first-order valence-electron chi connectivity index (χ1n) is 9.96. The molecule has 26 heavy (non-hydrogen) atoms. The summed E-state index contributed by atoms with van der Waals surface area (Å²) >= 11 is 1.62. The van der Waals surface area contributed by atoms with Crippen LogP contribution < -0.4 is 4.75 Å². The van der Waals surface area contributed by atoms with Crippen molar-refractivity contribution in [3.8, 4) is 0 Å². The molecule has 5 heterocycles. The van der Waals surface area contributed by atoms with E-state index in [1.807, 2.05) is 18.3 Å². The topological polar surface area (TPSA) is 55.7 Å². The van der Waals surface area contributed by atoms with Gasteiger partial charge in [-0.2, -0.15) is 0 Å². The zero-order chi connectivity index (χ0) is 17.6. The van der Waals surface area contributed by atoms with Crippen LogP contribution in [0.4, 0.5) is 0 Å². The summed E-state index contributed by atoms with van der Waals surface area (Å²) < 4.78 is 8.26. The van der Waals surface area contributed by atoms with E-state index in [1.54, 1.807) is 11.3 Å². The number of rotatable bonds is 4. The third-order valence-electron chi connectivity index (χ3n) is 6.31. The Morgan fingerprint density at radius 2 is 1.35 bits per heavy atom. The standard InChI is InChI=1S/C18H28N5OPS/c24-25(21-10-1-2-11-21,22-12-3-4-13-22,23-14-5-6-15-23)18-20-16-8-7-9-19-17(16)26-18/h7-9,24H,1-6,10-15H2. The van der Waals surface area contributed by atoms with Crippen LogP contribution in [0.15, 0.2) is 18.3 Å². The fourth-order valence-corrected chi connectivity index (χ4v) is 12.8. The number of fused-ring (bicyclic) bond motifs is 1. The van der Waals surface area contributed by atoms with Gasteiger partial charge < -0.3 is 0 Å². The van der Waals surface area contributed by atoms with Crippen molar-refractivity contribution in [1.82, 2.24) is 24.0 Å². The molecule has 2 aromatic rings. The number of nitrogens with zero attached hydrogens (tertiary/aromatic N) is 5. The second-order valence-electron chi connectivity index (χ2n) is 7.74. The van der Waals surface area contributed by atoms with Gasteiger partial charge in [-0.25, -0.2) is 0 Å². The Morgan fingerprint density at radius 1 is 0.846 bits per heavy atom. The Balaban J connectivity index is 1.77. The minimum atomic E-state index is -3.60. The van der Waals surface area contributed by atoms with Gasteiger partial charge in [-0.05, 0) is 0 Å². The van der Waals surface area contributed by atoms with Crippen LogP contribution in [-0.2, 0) is 0 Å². The molecular weight excluding hydrogens is 365 g/mol. The van der Waals surface area contributed by atoms with Crippen molar-refractivity contribution in [2.75, 3.05) is 39.3 Å². The molecule has 0 unspecified atom stereocenters. The summed E-state index contributed by atoms with van der Waals surface area (Å²) in [6, 6.07) is 3.97. The van der Waals surface area contributed by atoms with Gasteiger partial charge in [0.25, 0.3) is 0 Å². The molecule has 0 aromatic carbocycles. The van der Waals surface area contributed by atoms with Crippen LogP contribution in [0.25, 0.3) is 10.3 Å². The first-order chi connectivity index (χ1) is 12.7. The molecule has 0 spiro atoms. The van der Waals surface area contributed by atoms with Crippen molar-refractivity contribution in [1.29, 1.82) is 0 Å². The molecule has 3 saturated heterocycles. The first-order valence-corrected chi connectivity index (χ1v) is 12.8. The van der Waals surface area contributed by atoms with Gasteiger partial charge in [-0.3, -0.25) is 0 Å². The zero-order valence-corrected chi connectivity index (χ0v) is 17.0. The average molecular weight is 393 g/mol. The van der Waals surface area contributed by atoms with Gasteiger partial charge >= 0.3 is 159 Å². The molecule has 0 saturated carbocycles. The van der Waals surface area contributed by atoms with Crippen LogP contribution in [-0.4, -0.2) is 68.1 Å². The Bertz CT molecular complexity index is 719. The van der Waals surface area contributed by atoms with Gasteiger partial charge in [0, 0.05) is 0 Å². The molecule has 3 aliphatic rings. The first kappa shape index (κ1) is 17.4. The summed E-state index contributed by atoms with van der Waals surface area (Å²) in [7, 11) is -3.60. The van der Waals surface area contributed by atoms with Gasteiger partial charge in [0.05, 0.1) is 0 Å². The molecule has 0 amide bonds. The summed E-state index contributed by atoms with van der Waals surface area (Å²) in [4.78, 5) is 23.6. The van der Waals surface area contributed by atoms with E-state index in [-0.39, 0.29) is 0 Å². The third kappa shape index (κ3) is 2.28. The van der Waals surface area contributed by atoms with Crippen LogP contribution in [0.1, 0.15) is 38.5 Å². The molecule has 0 aliphatic carbocycles. The van der Waals surface area contributed by atoms with Crippen LogP contribution in [0.5, 0.6) is 0 Å². The minimum absolute atomic E-state index is 0.924.